The van der Waals surface area contributed by atoms with Crippen LogP contribution in [-0.4, -0.2) is 6.61 Å². The van der Waals surface area contributed by atoms with Gasteiger partial charge in [-0.3, -0.25) is 0 Å². The zero-order valence-corrected chi connectivity index (χ0v) is 16.0. The largest absolute Gasteiger partial charge is 0.493 e. The highest BCUT2D eigenvalue weighted by molar-refractivity contribution is 5.70. The van der Waals surface area contributed by atoms with Gasteiger partial charge in [-0.1, -0.05) is 92.9 Å². The summed E-state index contributed by atoms with van der Waals surface area (Å²) in [5, 5.41) is 0. The Labute approximate surface area is 157 Å². The molecule has 0 amide bonds. The van der Waals surface area contributed by atoms with Gasteiger partial charge < -0.3 is 4.74 Å². The van der Waals surface area contributed by atoms with Crippen LogP contribution in [0.1, 0.15) is 32.3 Å². The number of benzene rings is 3. The summed E-state index contributed by atoms with van der Waals surface area (Å²) in [6, 6.07) is 25.9. The Morgan fingerprint density at radius 3 is 1.42 bits per heavy atom. The Morgan fingerprint density at radius 1 is 0.615 bits per heavy atom. The SMILES string of the molecule is CCC(CC)COc1ccc(-c2ccc(-c3ccc(C)cc3)cc2)cc1. The first-order chi connectivity index (χ1) is 12.7. The van der Waals surface area contributed by atoms with Crippen LogP contribution >= 0.6 is 0 Å². The highest BCUT2D eigenvalue weighted by Crippen LogP contribution is 2.26. The van der Waals surface area contributed by atoms with Gasteiger partial charge in [0.15, 0.2) is 0 Å². The monoisotopic (exact) mass is 344 g/mol. The maximum Gasteiger partial charge on any atom is 0.119 e. The van der Waals surface area contributed by atoms with Gasteiger partial charge in [-0.15, -0.1) is 0 Å². The highest BCUT2D eigenvalue weighted by Gasteiger charge is 2.05. The topological polar surface area (TPSA) is 9.23 Å². The van der Waals surface area contributed by atoms with Gasteiger partial charge in [-0.05, 0) is 47.2 Å². The van der Waals surface area contributed by atoms with Crippen molar-refractivity contribution < 1.29 is 4.74 Å². The predicted octanol–water partition coefficient (Wildman–Crippen LogP) is 7.14. The lowest BCUT2D eigenvalue weighted by atomic mass is 10.00. The summed E-state index contributed by atoms with van der Waals surface area (Å²) in [6.07, 6.45) is 2.34. The van der Waals surface area contributed by atoms with E-state index in [1.165, 1.54) is 40.7 Å². The third-order valence-electron chi connectivity index (χ3n) is 5.10. The number of hydrogen-bond donors (Lipinski definition) is 0. The lowest BCUT2D eigenvalue weighted by molar-refractivity contribution is 0.240. The molecule has 0 aliphatic carbocycles. The molecule has 0 aliphatic heterocycles. The molecule has 3 aromatic rings. The second kappa shape index (κ2) is 8.71. The second-order valence-electron chi connectivity index (χ2n) is 6.96. The van der Waals surface area contributed by atoms with Gasteiger partial charge in [-0.2, -0.15) is 0 Å². The quantitative estimate of drug-likeness (QED) is 0.442. The fourth-order valence-electron chi connectivity index (χ4n) is 3.08. The summed E-state index contributed by atoms with van der Waals surface area (Å²) >= 11 is 0. The molecule has 134 valence electrons. The van der Waals surface area contributed by atoms with Crippen LogP contribution in [0.4, 0.5) is 0 Å². The Morgan fingerprint density at radius 2 is 1.00 bits per heavy atom. The molecule has 0 bridgehead atoms. The molecule has 0 atom stereocenters. The molecular weight excluding hydrogens is 316 g/mol. The van der Waals surface area contributed by atoms with Crippen molar-refractivity contribution in [2.24, 2.45) is 5.92 Å². The van der Waals surface area contributed by atoms with Gasteiger partial charge in [0, 0.05) is 0 Å². The Hall–Kier alpha value is -2.54. The van der Waals surface area contributed by atoms with E-state index in [1.54, 1.807) is 0 Å². The van der Waals surface area contributed by atoms with E-state index in [2.05, 4.69) is 93.6 Å². The van der Waals surface area contributed by atoms with Gasteiger partial charge in [0.25, 0.3) is 0 Å². The molecule has 0 saturated heterocycles. The maximum atomic E-state index is 5.93. The van der Waals surface area contributed by atoms with Crippen molar-refractivity contribution in [1.82, 2.24) is 0 Å². The predicted molar refractivity (Wildman–Crippen MR) is 112 cm³/mol. The average Bonchev–Trinajstić information content (AvgIpc) is 2.70. The lowest BCUT2D eigenvalue weighted by Gasteiger charge is -2.14. The minimum absolute atomic E-state index is 0.643. The minimum atomic E-state index is 0.643. The molecule has 26 heavy (non-hydrogen) atoms. The summed E-state index contributed by atoms with van der Waals surface area (Å²) in [6.45, 7) is 7.37. The van der Waals surface area contributed by atoms with Crippen LogP contribution in [-0.2, 0) is 0 Å². The molecule has 0 fully saturated rings. The minimum Gasteiger partial charge on any atom is -0.493 e. The number of rotatable bonds is 7. The zero-order chi connectivity index (χ0) is 18.4. The molecule has 0 heterocycles. The first kappa shape index (κ1) is 18.3. The first-order valence-corrected chi connectivity index (χ1v) is 9.60. The van der Waals surface area contributed by atoms with Crippen LogP contribution in [0, 0.1) is 12.8 Å². The summed E-state index contributed by atoms with van der Waals surface area (Å²) < 4.78 is 5.93. The van der Waals surface area contributed by atoms with Crippen LogP contribution in [0.15, 0.2) is 72.8 Å². The second-order valence-corrected chi connectivity index (χ2v) is 6.96. The van der Waals surface area contributed by atoms with E-state index in [4.69, 9.17) is 4.74 Å². The fourth-order valence-corrected chi connectivity index (χ4v) is 3.08. The molecule has 0 aliphatic rings. The average molecular weight is 344 g/mol. The number of ether oxygens (including phenoxy) is 1. The lowest BCUT2D eigenvalue weighted by Crippen LogP contribution is -2.09. The molecule has 0 N–H and O–H groups in total. The van der Waals surface area contributed by atoms with E-state index in [0.29, 0.717) is 5.92 Å². The van der Waals surface area contributed by atoms with Crippen molar-refractivity contribution in [2.75, 3.05) is 6.61 Å². The van der Waals surface area contributed by atoms with Crippen LogP contribution in [0.2, 0.25) is 0 Å². The van der Waals surface area contributed by atoms with Crippen LogP contribution in [0.25, 0.3) is 22.3 Å². The van der Waals surface area contributed by atoms with Crippen molar-refractivity contribution in [3.8, 4) is 28.0 Å². The summed E-state index contributed by atoms with van der Waals surface area (Å²) in [4.78, 5) is 0. The summed E-state index contributed by atoms with van der Waals surface area (Å²) in [5.74, 6) is 1.60. The molecule has 0 aromatic heterocycles. The van der Waals surface area contributed by atoms with E-state index in [-0.39, 0.29) is 0 Å². The maximum absolute atomic E-state index is 5.93. The Balaban J connectivity index is 1.68. The molecule has 0 radical (unpaired) electrons. The van der Waals surface area contributed by atoms with E-state index >= 15 is 0 Å². The van der Waals surface area contributed by atoms with Gasteiger partial charge in [0.1, 0.15) is 5.75 Å². The summed E-state index contributed by atoms with van der Waals surface area (Å²) in [5.41, 5.74) is 6.24. The molecule has 3 rings (SSSR count). The first-order valence-electron chi connectivity index (χ1n) is 9.60. The normalized spacial score (nSPS) is 10.9. The molecule has 1 nitrogen and oxygen atoms in total. The molecule has 3 aromatic carbocycles. The molecule has 0 spiro atoms. The van der Waals surface area contributed by atoms with Gasteiger partial charge >= 0.3 is 0 Å². The fraction of sp³-hybridized carbons (Fsp3) is 0.280. The van der Waals surface area contributed by atoms with Crippen molar-refractivity contribution in [1.29, 1.82) is 0 Å². The highest BCUT2D eigenvalue weighted by atomic mass is 16.5. The smallest absolute Gasteiger partial charge is 0.119 e. The molecule has 1 heteroatoms. The van der Waals surface area contributed by atoms with Crippen molar-refractivity contribution in [2.45, 2.75) is 33.6 Å². The Bertz CT molecular complexity index is 794. The van der Waals surface area contributed by atoms with E-state index in [9.17, 15) is 0 Å². The van der Waals surface area contributed by atoms with E-state index in [1.807, 2.05) is 0 Å². The summed E-state index contributed by atoms with van der Waals surface area (Å²) in [7, 11) is 0. The third kappa shape index (κ3) is 4.54. The molecular formula is C25H28O. The number of hydrogen-bond acceptors (Lipinski definition) is 1. The van der Waals surface area contributed by atoms with Crippen molar-refractivity contribution in [3.05, 3.63) is 78.4 Å². The number of aryl methyl sites for hydroxylation is 1. The van der Waals surface area contributed by atoms with Crippen LogP contribution in [0.3, 0.4) is 0 Å². The van der Waals surface area contributed by atoms with Crippen LogP contribution < -0.4 is 4.74 Å². The van der Waals surface area contributed by atoms with Crippen molar-refractivity contribution in [3.63, 3.8) is 0 Å². The van der Waals surface area contributed by atoms with Gasteiger partial charge in [0.05, 0.1) is 6.61 Å². The van der Waals surface area contributed by atoms with Gasteiger partial charge in [-0.25, -0.2) is 0 Å². The standard InChI is InChI=1S/C25H28O/c1-4-20(5-2)18-26-25-16-14-24(15-17-25)23-12-10-22(11-13-23)21-8-6-19(3)7-9-21/h6-17,20H,4-5,18H2,1-3H3. The molecule has 0 saturated carbocycles. The third-order valence-corrected chi connectivity index (χ3v) is 5.10. The van der Waals surface area contributed by atoms with E-state index < -0.39 is 0 Å². The van der Waals surface area contributed by atoms with Crippen molar-refractivity contribution >= 4 is 0 Å². The molecule has 0 unspecified atom stereocenters. The Kier molecular flexibility index (Phi) is 6.12. The van der Waals surface area contributed by atoms with Crippen LogP contribution in [0.5, 0.6) is 5.75 Å². The zero-order valence-electron chi connectivity index (χ0n) is 16.0. The van der Waals surface area contributed by atoms with Gasteiger partial charge in [0.2, 0.25) is 0 Å². The van der Waals surface area contributed by atoms with E-state index in [0.717, 1.165) is 12.4 Å².